The summed E-state index contributed by atoms with van der Waals surface area (Å²) >= 11 is 0. The lowest BCUT2D eigenvalue weighted by Gasteiger charge is -2.16. The fourth-order valence-corrected chi connectivity index (χ4v) is 4.11. The molecule has 2 amide bonds. The third-order valence-electron chi connectivity index (χ3n) is 5.66. The Morgan fingerprint density at radius 1 is 0.969 bits per heavy atom. The van der Waals surface area contributed by atoms with Crippen molar-refractivity contribution in [2.24, 2.45) is 0 Å². The number of anilines is 2. The zero-order valence-electron chi connectivity index (χ0n) is 17.2. The van der Waals surface area contributed by atoms with Crippen LogP contribution in [0.4, 0.5) is 16.0 Å². The van der Waals surface area contributed by atoms with Crippen molar-refractivity contribution in [2.75, 3.05) is 16.8 Å². The van der Waals surface area contributed by atoms with E-state index in [0.717, 1.165) is 16.6 Å². The molecule has 4 aromatic rings. The molecule has 0 fully saturated rings. The van der Waals surface area contributed by atoms with Crippen LogP contribution >= 0.6 is 0 Å². The van der Waals surface area contributed by atoms with Crippen LogP contribution < -0.4 is 10.2 Å². The number of benzene rings is 3. The van der Waals surface area contributed by atoms with E-state index in [0.29, 0.717) is 24.6 Å². The van der Waals surface area contributed by atoms with E-state index >= 15 is 0 Å². The summed E-state index contributed by atoms with van der Waals surface area (Å²) in [5, 5.41) is 2.75. The predicted octanol–water partition coefficient (Wildman–Crippen LogP) is 4.33. The number of amides is 2. The van der Waals surface area contributed by atoms with E-state index in [9.17, 15) is 14.0 Å². The first-order valence-electron chi connectivity index (χ1n) is 10.5. The monoisotopic (exact) mass is 428 g/mol. The molecule has 32 heavy (non-hydrogen) atoms. The number of carbonyl (C=O) groups is 2. The minimum atomic E-state index is -0.686. The van der Waals surface area contributed by atoms with Crippen LogP contribution in [0.1, 0.15) is 18.0 Å². The van der Waals surface area contributed by atoms with Gasteiger partial charge in [-0.1, -0.05) is 42.5 Å². The lowest BCUT2D eigenvalue weighted by molar-refractivity contribution is -0.124. The molecule has 0 aliphatic carbocycles. The van der Waals surface area contributed by atoms with Crippen molar-refractivity contribution in [1.29, 1.82) is 0 Å². The van der Waals surface area contributed by atoms with Gasteiger partial charge in [0.2, 0.25) is 11.9 Å². The maximum atomic E-state index is 13.4. The summed E-state index contributed by atoms with van der Waals surface area (Å²) in [7, 11) is 0. The highest BCUT2D eigenvalue weighted by Crippen LogP contribution is 2.36. The van der Waals surface area contributed by atoms with Crippen LogP contribution in [0.25, 0.3) is 11.0 Å². The van der Waals surface area contributed by atoms with Gasteiger partial charge in [0.15, 0.2) is 0 Å². The highest BCUT2D eigenvalue weighted by atomic mass is 19.1. The van der Waals surface area contributed by atoms with Gasteiger partial charge in [-0.3, -0.25) is 19.1 Å². The molecule has 1 atom stereocenters. The standard InChI is InChI=1S/C25H21FN4O2/c26-18-10-12-19(13-11-18)27-23(31)16-22-24(32)29(15-14-17-6-2-1-3-7-17)25-28-20-8-4-5-9-21(20)30(22)25/h1-13,22H,14-16H2,(H,27,31)/t22-/m1/s1. The number of hydrogen-bond donors (Lipinski definition) is 1. The van der Waals surface area contributed by atoms with Crippen molar-refractivity contribution in [2.45, 2.75) is 18.9 Å². The van der Waals surface area contributed by atoms with E-state index < -0.39 is 6.04 Å². The Morgan fingerprint density at radius 2 is 1.69 bits per heavy atom. The van der Waals surface area contributed by atoms with E-state index in [4.69, 9.17) is 0 Å². The lowest BCUT2D eigenvalue weighted by atomic mass is 10.1. The van der Waals surface area contributed by atoms with Crippen LogP contribution in [0.3, 0.4) is 0 Å². The normalized spacial score (nSPS) is 15.2. The molecule has 1 N–H and O–H groups in total. The fraction of sp³-hybridized carbons (Fsp3) is 0.160. The summed E-state index contributed by atoms with van der Waals surface area (Å²) in [6.45, 7) is 0.474. The average Bonchev–Trinajstić information content (AvgIpc) is 3.29. The Bertz CT molecular complexity index is 1280. The Kier molecular flexibility index (Phi) is 5.15. The number of nitrogens with one attached hydrogen (secondary N) is 1. The van der Waals surface area contributed by atoms with Crippen LogP contribution in [0.15, 0.2) is 78.9 Å². The number of imidazole rings is 1. The van der Waals surface area contributed by atoms with Crippen molar-refractivity contribution in [1.82, 2.24) is 9.55 Å². The Morgan fingerprint density at radius 3 is 2.47 bits per heavy atom. The molecule has 0 radical (unpaired) electrons. The molecule has 0 saturated carbocycles. The van der Waals surface area contributed by atoms with Gasteiger partial charge in [-0.25, -0.2) is 9.37 Å². The molecule has 3 aromatic carbocycles. The predicted molar refractivity (Wildman–Crippen MR) is 121 cm³/mol. The first-order valence-corrected chi connectivity index (χ1v) is 10.5. The molecule has 1 aliphatic heterocycles. The third-order valence-corrected chi connectivity index (χ3v) is 5.66. The van der Waals surface area contributed by atoms with E-state index in [2.05, 4.69) is 10.3 Å². The van der Waals surface area contributed by atoms with Crippen molar-refractivity contribution in [3.05, 3.63) is 90.2 Å². The zero-order chi connectivity index (χ0) is 22.1. The second kappa shape index (κ2) is 8.26. The molecule has 6 nitrogen and oxygen atoms in total. The molecule has 0 spiro atoms. The summed E-state index contributed by atoms with van der Waals surface area (Å²) < 4.78 is 15.0. The smallest absolute Gasteiger partial charge is 0.253 e. The Hall–Kier alpha value is -4.00. The van der Waals surface area contributed by atoms with Crippen molar-refractivity contribution >= 4 is 34.5 Å². The highest BCUT2D eigenvalue weighted by molar-refractivity contribution is 6.05. The molecular formula is C25H21FN4O2. The van der Waals surface area contributed by atoms with Gasteiger partial charge in [0, 0.05) is 12.2 Å². The summed E-state index contributed by atoms with van der Waals surface area (Å²) in [5.41, 5.74) is 3.21. The number of para-hydroxylation sites is 2. The molecule has 0 unspecified atom stereocenters. The summed E-state index contributed by atoms with van der Waals surface area (Å²) in [6, 6.07) is 22.4. The van der Waals surface area contributed by atoms with Gasteiger partial charge in [0.25, 0.3) is 5.91 Å². The number of rotatable bonds is 6. The molecule has 0 saturated heterocycles. The van der Waals surface area contributed by atoms with Crippen LogP contribution in [0.2, 0.25) is 0 Å². The van der Waals surface area contributed by atoms with E-state index in [1.807, 2.05) is 59.2 Å². The molecule has 2 heterocycles. The molecule has 1 aromatic heterocycles. The maximum Gasteiger partial charge on any atom is 0.253 e. The number of halogens is 1. The number of aromatic nitrogens is 2. The third kappa shape index (κ3) is 3.73. The molecule has 0 bridgehead atoms. The van der Waals surface area contributed by atoms with Gasteiger partial charge in [-0.05, 0) is 48.4 Å². The lowest BCUT2D eigenvalue weighted by Crippen LogP contribution is -2.33. The zero-order valence-corrected chi connectivity index (χ0v) is 17.2. The van der Waals surface area contributed by atoms with Crippen LogP contribution in [0.5, 0.6) is 0 Å². The maximum absolute atomic E-state index is 13.4. The number of nitrogens with zero attached hydrogens (tertiary/aromatic N) is 3. The van der Waals surface area contributed by atoms with E-state index in [1.54, 1.807) is 4.90 Å². The molecule has 5 rings (SSSR count). The average molecular weight is 428 g/mol. The molecule has 7 heteroatoms. The number of carbonyl (C=O) groups excluding carboxylic acids is 2. The number of hydrogen-bond acceptors (Lipinski definition) is 3. The summed E-state index contributed by atoms with van der Waals surface area (Å²) in [5.74, 6) is -0.281. The molecule has 160 valence electrons. The minimum Gasteiger partial charge on any atom is -0.326 e. The van der Waals surface area contributed by atoms with Crippen molar-refractivity contribution < 1.29 is 14.0 Å². The van der Waals surface area contributed by atoms with E-state index in [1.165, 1.54) is 24.3 Å². The van der Waals surface area contributed by atoms with Crippen molar-refractivity contribution in [3.8, 4) is 0 Å². The van der Waals surface area contributed by atoms with Crippen LogP contribution in [0, 0.1) is 5.82 Å². The minimum absolute atomic E-state index is 0.0363. The number of fused-ring (bicyclic) bond motifs is 3. The second-order valence-corrected chi connectivity index (χ2v) is 7.77. The quantitative estimate of drug-likeness (QED) is 0.497. The first kappa shape index (κ1) is 19.9. The highest BCUT2D eigenvalue weighted by Gasteiger charge is 2.40. The van der Waals surface area contributed by atoms with Gasteiger partial charge >= 0.3 is 0 Å². The van der Waals surface area contributed by atoms with Crippen LogP contribution in [-0.2, 0) is 16.0 Å². The summed E-state index contributed by atoms with van der Waals surface area (Å²) in [4.78, 5) is 32.5. The summed E-state index contributed by atoms with van der Waals surface area (Å²) in [6.07, 6.45) is 0.648. The largest absolute Gasteiger partial charge is 0.326 e. The van der Waals surface area contributed by atoms with E-state index in [-0.39, 0.29) is 24.1 Å². The molecular weight excluding hydrogens is 407 g/mol. The first-order chi connectivity index (χ1) is 15.6. The van der Waals surface area contributed by atoms with Gasteiger partial charge in [0.05, 0.1) is 17.5 Å². The Labute approximate surface area is 184 Å². The van der Waals surface area contributed by atoms with Gasteiger partial charge in [-0.15, -0.1) is 0 Å². The topological polar surface area (TPSA) is 67.2 Å². The molecule has 1 aliphatic rings. The second-order valence-electron chi connectivity index (χ2n) is 7.77. The van der Waals surface area contributed by atoms with Gasteiger partial charge in [0.1, 0.15) is 11.9 Å². The van der Waals surface area contributed by atoms with Gasteiger partial charge in [-0.2, -0.15) is 0 Å². The SMILES string of the molecule is O=C(C[C@@H]1C(=O)N(CCc2ccccc2)c2nc3ccccc3n21)Nc1ccc(F)cc1. The fourth-order valence-electron chi connectivity index (χ4n) is 4.11. The van der Waals surface area contributed by atoms with Crippen molar-refractivity contribution in [3.63, 3.8) is 0 Å². The van der Waals surface area contributed by atoms with Gasteiger partial charge < -0.3 is 5.32 Å². The van der Waals surface area contributed by atoms with Crippen LogP contribution in [-0.4, -0.2) is 27.9 Å². The Balaban J connectivity index is 1.41.